The quantitative estimate of drug-likeness (QED) is 0.849. The molecule has 0 aromatic heterocycles. The van der Waals surface area contributed by atoms with Crippen molar-refractivity contribution in [2.45, 2.75) is 13.0 Å². The zero-order chi connectivity index (χ0) is 10.8. The van der Waals surface area contributed by atoms with Crippen molar-refractivity contribution < 1.29 is 0 Å². The van der Waals surface area contributed by atoms with Crippen LogP contribution < -0.4 is 10.2 Å². The third kappa shape index (κ3) is 2.55. The summed E-state index contributed by atoms with van der Waals surface area (Å²) in [5.41, 5.74) is 1.28. The van der Waals surface area contributed by atoms with Gasteiger partial charge in [-0.05, 0) is 41.1 Å². The van der Waals surface area contributed by atoms with Gasteiger partial charge >= 0.3 is 0 Å². The van der Waals surface area contributed by atoms with Crippen LogP contribution >= 0.6 is 31.9 Å². The van der Waals surface area contributed by atoms with Crippen molar-refractivity contribution in [1.29, 1.82) is 0 Å². The summed E-state index contributed by atoms with van der Waals surface area (Å²) in [5.74, 6) is 0. The van der Waals surface area contributed by atoms with E-state index in [1.165, 1.54) is 10.2 Å². The molecule has 1 atom stereocenters. The standard InChI is InChI=1S/C11H14Br2N2/c1-8-7-14-4-5-15(8)11-6-9(12)2-3-10(11)13/h2-3,6,8,14H,4-5,7H2,1H3. The molecule has 82 valence electrons. The fourth-order valence-electron chi connectivity index (χ4n) is 1.90. The molecule has 2 nitrogen and oxygen atoms in total. The summed E-state index contributed by atoms with van der Waals surface area (Å²) >= 11 is 7.13. The Labute approximate surface area is 107 Å². The van der Waals surface area contributed by atoms with Gasteiger partial charge in [0, 0.05) is 34.6 Å². The number of hydrogen-bond acceptors (Lipinski definition) is 2. The average molecular weight is 334 g/mol. The third-order valence-corrected chi connectivity index (χ3v) is 3.88. The Kier molecular flexibility index (Phi) is 3.69. The maximum Gasteiger partial charge on any atom is 0.0525 e. The van der Waals surface area contributed by atoms with Crippen molar-refractivity contribution in [3.8, 4) is 0 Å². The highest BCUT2D eigenvalue weighted by Crippen LogP contribution is 2.31. The van der Waals surface area contributed by atoms with E-state index in [0.717, 1.165) is 24.1 Å². The van der Waals surface area contributed by atoms with Crippen LogP contribution in [-0.2, 0) is 0 Å². The van der Waals surface area contributed by atoms with E-state index in [-0.39, 0.29) is 0 Å². The Balaban J connectivity index is 2.30. The normalized spacial score (nSPS) is 21.8. The monoisotopic (exact) mass is 332 g/mol. The lowest BCUT2D eigenvalue weighted by atomic mass is 10.2. The van der Waals surface area contributed by atoms with Gasteiger partial charge < -0.3 is 10.2 Å². The zero-order valence-corrected chi connectivity index (χ0v) is 11.8. The van der Waals surface area contributed by atoms with Crippen LogP contribution in [0.15, 0.2) is 27.1 Å². The highest BCUT2D eigenvalue weighted by molar-refractivity contribution is 9.11. The van der Waals surface area contributed by atoms with Gasteiger partial charge in [-0.15, -0.1) is 0 Å². The van der Waals surface area contributed by atoms with E-state index in [9.17, 15) is 0 Å². The van der Waals surface area contributed by atoms with Gasteiger partial charge in [0.05, 0.1) is 5.69 Å². The van der Waals surface area contributed by atoms with Crippen LogP contribution in [0.4, 0.5) is 5.69 Å². The number of rotatable bonds is 1. The molecular formula is C11H14Br2N2. The van der Waals surface area contributed by atoms with Gasteiger partial charge in [-0.2, -0.15) is 0 Å². The lowest BCUT2D eigenvalue weighted by Crippen LogP contribution is -2.50. The molecule has 1 aliphatic rings. The number of anilines is 1. The molecule has 0 saturated carbocycles. The second kappa shape index (κ2) is 4.85. The molecule has 15 heavy (non-hydrogen) atoms. The Hall–Kier alpha value is -0.0600. The molecule has 0 amide bonds. The maximum absolute atomic E-state index is 3.61. The van der Waals surface area contributed by atoms with Crippen molar-refractivity contribution in [2.75, 3.05) is 24.5 Å². The van der Waals surface area contributed by atoms with Gasteiger partial charge in [-0.25, -0.2) is 0 Å². The highest BCUT2D eigenvalue weighted by atomic mass is 79.9. The predicted octanol–water partition coefficient (Wildman–Crippen LogP) is 3.01. The summed E-state index contributed by atoms with van der Waals surface area (Å²) in [7, 11) is 0. The van der Waals surface area contributed by atoms with Crippen LogP contribution in [0, 0.1) is 0 Å². The van der Waals surface area contributed by atoms with Crippen LogP contribution in [0.25, 0.3) is 0 Å². The molecule has 0 bridgehead atoms. The van der Waals surface area contributed by atoms with E-state index < -0.39 is 0 Å². The molecule has 0 radical (unpaired) electrons. The van der Waals surface area contributed by atoms with Crippen molar-refractivity contribution in [1.82, 2.24) is 5.32 Å². The molecule has 2 rings (SSSR count). The smallest absolute Gasteiger partial charge is 0.0525 e. The summed E-state index contributed by atoms with van der Waals surface area (Å²) in [6.07, 6.45) is 0. The molecule has 1 fully saturated rings. The summed E-state index contributed by atoms with van der Waals surface area (Å²) in [6.45, 7) is 5.43. The molecule has 1 aromatic rings. The molecule has 1 heterocycles. The van der Waals surface area contributed by atoms with Crippen molar-refractivity contribution in [3.05, 3.63) is 27.1 Å². The van der Waals surface area contributed by atoms with E-state index in [2.05, 4.69) is 67.2 Å². The van der Waals surface area contributed by atoms with Gasteiger partial charge in [0.15, 0.2) is 0 Å². The van der Waals surface area contributed by atoms with E-state index in [1.54, 1.807) is 0 Å². The van der Waals surface area contributed by atoms with Gasteiger partial charge in [-0.3, -0.25) is 0 Å². The summed E-state index contributed by atoms with van der Waals surface area (Å²) < 4.78 is 2.30. The van der Waals surface area contributed by atoms with E-state index in [4.69, 9.17) is 0 Å². The van der Waals surface area contributed by atoms with E-state index in [0.29, 0.717) is 6.04 Å². The van der Waals surface area contributed by atoms with E-state index in [1.807, 2.05) is 0 Å². The largest absolute Gasteiger partial charge is 0.365 e. The van der Waals surface area contributed by atoms with Crippen LogP contribution in [0.2, 0.25) is 0 Å². The minimum absolute atomic E-state index is 0.546. The lowest BCUT2D eigenvalue weighted by Gasteiger charge is -2.36. The first-order valence-corrected chi connectivity index (χ1v) is 6.69. The Morgan fingerprint density at radius 1 is 1.40 bits per heavy atom. The molecule has 1 aromatic carbocycles. The Morgan fingerprint density at radius 2 is 2.20 bits per heavy atom. The first-order valence-electron chi connectivity index (χ1n) is 5.11. The Morgan fingerprint density at radius 3 is 2.93 bits per heavy atom. The van der Waals surface area contributed by atoms with E-state index >= 15 is 0 Å². The second-order valence-electron chi connectivity index (χ2n) is 3.84. The highest BCUT2D eigenvalue weighted by Gasteiger charge is 2.19. The van der Waals surface area contributed by atoms with Gasteiger partial charge in [0.25, 0.3) is 0 Å². The maximum atomic E-state index is 3.61. The van der Waals surface area contributed by atoms with Crippen molar-refractivity contribution in [3.63, 3.8) is 0 Å². The minimum Gasteiger partial charge on any atom is -0.365 e. The fraction of sp³-hybridized carbons (Fsp3) is 0.455. The first-order chi connectivity index (χ1) is 7.18. The first kappa shape index (κ1) is 11.4. The SMILES string of the molecule is CC1CNCCN1c1cc(Br)ccc1Br. The second-order valence-corrected chi connectivity index (χ2v) is 5.61. The Bertz CT molecular complexity index is 354. The summed E-state index contributed by atoms with van der Waals surface area (Å²) in [4.78, 5) is 2.44. The number of halogens is 2. The number of nitrogens with one attached hydrogen (secondary N) is 1. The average Bonchev–Trinajstić information content (AvgIpc) is 2.23. The molecule has 4 heteroatoms. The fourth-order valence-corrected chi connectivity index (χ4v) is 2.73. The lowest BCUT2D eigenvalue weighted by molar-refractivity contribution is 0.500. The van der Waals surface area contributed by atoms with Crippen LogP contribution in [0.3, 0.4) is 0 Å². The summed E-state index contributed by atoms with van der Waals surface area (Å²) in [6, 6.07) is 6.87. The molecule has 1 N–H and O–H groups in total. The molecule has 1 aliphatic heterocycles. The molecule has 1 unspecified atom stereocenters. The molecule has 1 saturated heterocycles. The number of nitrogens with zero attached hydrogens (tertiary/aromatic N) is 1. The zero-order valence-electron chi connectivity index (χ0n) is 8.63. The number of hydrogen-bond donors (Lipinski definition) is 1. The third-order valence-electron chi connectivity index (χ3n) is 2.72. The summed E-state index contributed by atoms with van der Waals surface area (Å²) in [5, 5.41) is 3.40. The topological polar surface area (TPSA) is 15.3 Å². The minimum atomic E-state index is 0.546. The van der Waals surface area contributed by atoms with Gasteiger partial charge in [0.2, 0.25) is 0 Å². The number of benzene rings is 1. The molecule has 0 aliphatic carbocycles. The van der Waals surface area contributed by atoms with Gasteiger partial charge in [-0.1, -0.05) is 15.9 Å². The number of piperazine rings is 1. The molecular weight excluding hydrogens is 320 g/mol. The van der Waals surface area contributed by atoms with Crippen LogP contribution in [-0.4, -0.2) is 25.7 Å². The van der Waals surface area contributed by atoms with Crippen LogP contribution in [0.1, 0.15) is 6.92 Å². The van der Waals surface area contributed by atoms with Crippen molar-refractivity contribution in [2.24, 2.45) is 0 Å². The van der Waals surface area contributed by atoms with Gasteiger partial charge in [0.1, 0.15) is 0 Å². The predicted molar refractivity (Wildman–Crippen MR) is 71.5 cm³/mol. The van der Waals surface area contributed by atoms with Crippen LogP contribution in [0.5, 0.6) is 0 Å². The molecule has 0 spiro atoms. The van der Waals surface area contributed by atoms with Crippen molar-refractivity contribution >= 4 is 37.5 Å².